The Kier molecular flexibility index (Phi) is 56.0. The second kappa shape index (κ2) is 36.0. The van der Waals surface area contributed by atoms with E-state index in [2.05, 4.69) is 26.6 Å². The van der Waals surface area contributed by atoms with Crippen LogP contribution in [0.1, 0.15) is 6.92 Å². The van der Waals surface area contributed by atoms with Gasteiger partial charge in [0.25, 0.3) is 0 Å². The van der Waals surface area contributed by atoms with E-state index in [9.17, 15) is 4.79 Å². The van der Waals surface area contributed by atoms with Gasteiger partial charge in [-0.25, -0.2) is 4.79 Å². The Balaban J connectivity index is -0.0000000722. The van der Waals surface area contributed by atoms with Crippen LogP contribution in [-0.2, 0) is 40.8 Å². The normalized spacial score (nSPS) is 5.25. The van der Waals surface area contributed by atoms with Gasteiger partial charge in [0.15, 0.2) is 0 Å². The van der Waals surface area contributed by atoms with Crippen molar-refractivity contribution in [2.45, 2.75) is 11.8 Å². The number of hydrogen-bond donors (Lipinski definition) is 0. The number of thioether (sulfide) groups is 1. The summed E-state index contributed by atoms with van der Waals surface area (Å²) in [5.74, 6) is 1.84. The quantitative estimate of drug-likeness (QED) is 0.360. The summed E-state index contributed by atoms with van der Waals surface area (Å²) in [6.07, 6.45) is 0. The van der Waals surface area contributed by atoms with Crippen LogP contribution in [-0.4, -0.2) is 5.94 Å². The number of allylic oxidation sites excluding steroid dienone is 1. The number of hydrogen-bond acceptors (Lipinski definition) is 2. The molecule has 0 heterocycles. The zero-order chi connectivity index (χ0) is 16.1. The first-order valence-corrected chi connectivity index (χ1v) is 4.91. The number of carbonyl (C=O) groups excluding carboxylic acids is 1. The fourth-order valence-corrected chi connectivity index (χ4v) is 1.37. The van der Waals surface area contributed by atoms with Crippen LogP contribution < -0.4 is 0 Å². The van der Waals surface area contributed by atoms with Gasteiger partial charge in [0.2, 0.25) is 0 Å². The molecule has 20 heavy (non-hydrogen) atoms. The molecule has 0 N–H and O–H groups in total. The molecule has 0 aliphatic carbocycles. The molecule has 5 nitrogen and oxygen atoms in total. The van der Waals surface area contributed by atoms with Gasteiger partial charge in [0.1, 0.15) is 5.94 Å². The number of benzene rings is 1. The van der Waals surface area contributed by atoms with E-state index in [-0.39, 0.29) is 17.4 Å². The molecule has 0 radical (unpaired) electrons. The van der Waals surface area contributed by atoms with Gasteiger partial charge in [-0.15, -0.1) is 0 Å². The maximum absolute atomic E-state index is 10.1. The van der Waals surface area contributed by atoms with Crippen LogP contribution in [0.25, 0.3) is 0 Å². The van der Waals surface area contributed by atoms with Crippen LogP contribution >= 0.6 is 11.8 Å². The van der Waals surface area contributed by atoms with Crippen molar-refractivity contribution in [3.63, 3.8) is 0 Å². The Hall–Kier alpha value is -1.49. The molecule has 1 rings (SSSR count). The molecule has 0 bridgehead atoms. The summed E-state index contributed by atoms with van der Waals surface area (Å²) in [4.78, 5) is 11.9. The Morgan fingerprint density at radius 1 is 0.950 bits per heavy atom. The van der Waals surface area contributed by atoms with Gasteiger partial charge >= 0.3 is 45.2 Å². The van der Waals surface area contributed by atoms with E-state index in [4.69, 9.17) is 18.6 Å². The van der Waals surface area contributed by atoms with E-state index >= 15 is 0 Å². The second-order valence-electron chi connectivity index (χ2n) is 2.07. The molecule has 0 aliphatic rings. The first-order valence-electron chi connectivity index (χ1n) is 4.09. The van der Waals surface area contributed by atoms with E-state index in [1.165, 1.54) is 11.8 Å². The summed E-state index contributed by atoms with van der Waals surface area (Å²) in [5.41, 5.74) is 0. The minimum absolute atomic E-state index is 0. The van der Waals surface area contributed by atoms with Crippen LogP contribution in [0.4, 0.5) is 0 Å². The first-order chi connectivity index (χ1) is 9.33. The standard InChI is InChI=1S/C9H8OS.4CO.Cr/c1-8(7-10)11-9-5-3-2-4-6-9;4*1-2;/h2-6H,1H3;;;;;. The summed E-state index contributed by atoms with van der Waals surface area (Å²) in [7, 11) is 0. The molecule has 7 heteroatoms. The summed E-state index contributed by atoms with van der Waals surface area (Å²) in [5, 5.41) is 0. The summed E-state index contributed by atoms with van der Waals surface area (Å²) in [6.45, 7) is 19.8. The molecular weight excluding hydrogens is 320 g/mol. The molecule has 0 unspecified atom stereocenters. The van der Waals surface area contributed by atoms with Crippen molar-refractivity contribution in [2.24, 2.45) is 0 Å². The third-order valence-corrected chi connectivity index (χ3v) is 2.06. The monoisotopic (exact) mass is 328 g/mol. The molecule has 1 aromatic rings. The van der Waals surface area contributed by atoms with Crippen molar-refractivity contribution in [3.8, 4) is 0 Å². The third kappa shape index (κ3) is 25.4. The van der Waals surface area contributed by atoms with Crippen LogP contribution in [0.3, 0.4) is 0 Å². The first kappa shape index (κ1) is 31.1. The molecule has 0 atom stereocenters. The minimum Gasteiger partial charge on any atom is 0 e. The summed E-state index contributed by atoms with van der Waals surface area (Å²) >= 11 is 1.44. The predicted octanol–water partition coefficient (Wildman–Crippen LogP) is 2.36. The molecule has 0 aromatic heterocycles. The van der Waals surface area contributed by atoms with E-state index in [0.29, 0.717) is 4.91 Å². The smallest absolute Gasteiger partial charge is 0 e. The van der Waals surface area contributed by atoms with Gasteiger partial charge in [0, 0.05) is 22.3 Å². The van der Waals surface area contributed by atoms with Crippen molar-refractivity contribution in [3.05, 3.63) is 61.8 Å². The molecule has 1 aromatic carbocycles. The van der Waals surface area contributed by atoms with Crippen LogP contribution in [0.5, 0.6) is 0 Å². The third-order valence-electron chi connectivity index (χ3n) is 1.16. The molecule has 0 fully saturated rings. The molecule has 0 spiro atoms. The van der Waals surface area contributed by atoms with E-state index in [1.807, 2.05) is 36.3 Å². The fraction of sp³-hybridized carbons (Fsp3) is 0.0769. The van der Waals surface area contributed by atoms with E-state index < -0.39 is 0 Å². The molecule has 0 amide bonds. The van der Waals surface area contributed by atoms with Crippen molar-refractivity contribution >= 4 is 17.7 Å². The summed E-state index contributed by atoms with van der Waals surface area (Å²) < 4.78 is 30.0. The van der Waals surface area contributed by atoms with Crippen molar-refractivity contribution in [2.75, 3.05) is 0 Å². The van der Waals surface area contributed by atoms with Gasteiger partial charge in [-0.3, -0.25) is 0 Å². The van der Waals surface area contributed by atoms with Crippen molar-refractivity contribution < 1.29 is 40.8 Å². The van der Waals surface area contributed by atoms with Crippen LogP contribution in [0.15, 0.2) is 40.1 Å². The maximum Gasteiger partial charge on any atom is 0 e. The van der Waals surface area contributed by atoms with Crippen molar-refractivity contribution in [1.29, 1.82) is 0 Å². The fourth-order valence-electron chi connectivity index (χ4n) is 0.686. The Labute approximate surface area is 132 Å². The van der Waals surface area contributed by atoms with Crippen LogP contribution in [0.2, 0.25) is 0 Å². The molecule has 0 saturated heterocycles. The molecule has 0 saturated carbocycles. The second-order valence-corrected chi connectivity index (χ2v) is 3.36. The largest absolute Gasteiger partial charge is 0 e. The minimum atomic E-state index is 0. The van der Waals surface area contributed by atoms with Gasteiger partial charge in [-0.2, -0.15) is 0 Å². The number of rotatable bonds is 2. The van der Waals surface area contributed by atoms with Gasteiger partial charge < -0.3 is 0 Å². The zero-order valence-corrected chi connectivity index (χ0v) is 12.3. The van der Waals surface area contributed by atoms with Gasteiger partial charge in [-0.05, 0) is 19.1 Å². The Bertz CT molecular complexity index is 406. The van der Waals surface area contributed by atoms with Gasteiger partial charge in [0.05, 0.1) is 4.91 Å². The average Bonchev–Trinajstić information content (AvgIpc) is 2.56. The summed E-state index contributed by atoms with van der Waals surface area (Å²) in [6, 6.07) is 9.77. The topological polar surface area (TPSA) is 96.7 Å². The van der Waals surface area contributed by atoms with Crippen molar-refractivity contribution in [1.82, 2.24) is 0 Å². The van der Waals surface area contributed by atoms with Gasteiger partial charge in [-0.1, -0.05) is 30.0 Å². The maximum atomic E-state index is 10.1. The molecule has 0 aliphatic heterocycles. The Morgan fingerprint density at radius 2 is 1.30 bits per heavy atom. The average molecular weight is 328 g/mol. The zero-order valence-electron chi connectivity index (χ0n) is 10.2. The molecule has 102 valence electrons. The Morgan fingerprint density at radius 3 is 1.60 bits per heavy atom. The predicted molar refractivity (Wildman–Crippen MR) is 62.9 cm³/mol. The van der Waals surface area contributed by atoms with E-state index in [1.54, 1.807) is 6.92 Å². The van der Waals surface area contributed by atoms with E-state index in [0.717, 1.165) is 4.90 Å². The van der Waals surface area contributed by atoms with Crippen LogP contribution in [0, 0.1) is 26.6 Å². The SMILES string of the molecule is CC(=C=O)Sc1ccccc1.[C-]#[O+].[C-]#[O+].[C-]#[O+].[C-]#[O+].[Cr]. The molecular formula is C13H8CrO5S.